The molecule has 2 aliphatic heterocycles. The summed E-state index contributed by atoms with van der Waals surface area (Å²) in [6.07, 6.45) is 3.94. The SMILES string of the molecule is CC(C)(C)OC(=O)N1CCC[C@@H](N2CCN(C3CC3)C2=O)C1. The first-order valence-electron chi connectivity index (χ1n) is 8.40. The minimum atomic E-state index is -0.476. The van der Waals surface area contributed by atoms with Crippen molar-refractivity contribution >= 4 is 12.1 Å². The third-order valence-electron chi connectivity index (χ3n) is 4.55. The van der Waals surface area contributed by atoms with Crippen molar-refractivity contribution < 1.29 is 14.3 Å². The molecule has 3 amide bonds. The topological polar surface area (TPSA) is 53.1 Å². The molecular weight excluding hydrogens is 282 g/mol. The van der Waals surface area contributed by atoms with E-state index in [0.29, 0.717) is 12.6 Å². The molecule has 1 aliphatic carbocycles. The Labute approximate surface area is 132 Å². The average molecular weight is 309 g/mol. The molecule has 3 fully saturated rings. The highest BCUT2D eigenvalue weighted by molar-refractivity contribution is 5.78. The summed E-state index contributed by atoms with van der Waals surface area (Å²) in [5.74, 6) is 0. The first-order valence-corrected chi connectivity index (χ1v) is 8.40. The second-order valence-corrected chi connectivity index (χ2v) is 7.62. The molecule has 0 aromatic carbocycles. The third kappa shape index (κ3) is 3.31. The van der Waals surface area contributed by atoms with Gasteiger partial charge in [0.1, 0.15) is 5.60 Å². The van der Waals surface area contributed by atoms with Gasteiger partial charge in [-0.1, -0.05) is 0 Å². The summed E-state index contributed by atoms with van der Waals surface area (Å²) in [6.45, 7) is 8.59. The Balaban J connectivity index is 1.58. The molecule has 0 N–H and O–H groups in total. The lowest BCUT2D eigenvalue weighted by Gasteiger charge is -2.37. The van der Waals surface area contributed by atoms with Gasteiger partial charge in [0.25, 0.3) is 0 Å². The predicted octanol–water partition coefficient (Wildman–Crippen LogP) is 2.29. The fourth-order valence-corrected chi connectivity index (χ4v) is 3.34. The van der Waals surface area contributed by atoms with Gasteiger partial charge in [-0.2, -0.15) is 0 Å². The quantitative estimate of drug-likeness (QED) is 0.786. The van der Waals surface area contributed by atoms with Crippen molar-refractivity contribution in [3.05, 3.63) is 0 Å². The van der Waals surface area contributed by atoms with Gasteiger partial charge in [-0.15, -0.1) is 0 Å². The smallest absolute Gasteiger partial charge is 0.410 e. The molecule has 0 aromatic heterocycles. The van der Waals surface area contributed by atoms with Crippen molar-refractivity contribution in [3.8, 4) is 0 Å². The Kier molecular flexibility index (Phi) is 3.95. The highest BCUT2D eigenvalue weighted by Gasteiger charge is 2.42. The Hall–Kier alpha value is -1.46. The van der Waals surface area contributed by atoms with E-state index in [0.717, 1.165) is 45.3 Å². The van der Waals surface area contributed by atoms with Crippen molar-refractivity contribution in [1.29, 1.82) is 0 Å². The Morgan fingerprint density at radius 3 is 2.27 bits per heavy atom. The standard InChI is InChI=1S/C16H27N3O3/c1-16(2,3)22-15(21)17-8-4-5-13(11-17)19-10-9-18(14(19)20)12-6-7-12/h12-13H,4-11H2,1-3H3/t13-/m1/s1. The second-order valence-electron chi connectivity index (χ2n) is 7.62. The third-order valence-corrected chi connectivity index (χ3v) is 4.55. The number of carbonyl (C=O) groups excluding carboxylic acids is 2. The van der Waals surface area contributed by atoms with Gasteiger partial charge in [0.15, 0.2) is 0 Å². The van der Waals surface area contributed by atoms with Gasteiger partial charge < -0.3 is 19.4 Å². The molecule has 6 nitrogen and oxygen atoms in total. The lowest BCUT2D eigenvalue weighted by molar-refractivity contribution is 0.0141. The fraction of sp³-hybridized carbons (Fsp3) is 0.875. The summed E-state index contributed by atoms with van der Waals surface area (Å²) >= 11 is 0. The summed E-state index contributed by atoms with van der Waals surface area (Å²) in [6, 6.07) is 0.777. The summed E-state index contributed by atoms with van der Waals surface area (Å²) in [5, 5.41) is 0. The van der Waals surface area contributed by atoms with Crippen LogP contribution in [0.25, 0.3) is 0 Å². The monoisotopic (exact) mass is 309 g/mol. The summed E-state index contributed by atoms with van der Waals surface area (Å²) in [5.41, 5.74) is -0.476. The van der Waals surface area contributed by atoms with Crippen LogP contribution < -0.4 is 0 Å². The number of rotatable bonds is 2. The van der Waals surface area contributed by atoms with Gasteiger partial charge in [0.2, 0.25) is 0 Å². The Morgan fingerprint density at radius 1 is 1.05 bits per heavy atom. The molecule has 0 radical (unpaired) electrons. The molecule has 2 saturated heterocycles. The summed E-state index contributed by atoms with van der Waals surface area (Å²) in [7, 11) is 0. The van der Waals surface area contributed by atoms with Crippen molar-refractivity contribution in [1.82, 2.24) is 14.7 Å². The zero-order valence-corrected chi connectivity index (χ0v) is 13.9. The summed E-state index contributed by atoms with van der Waals surface area (Å²) < 4.78 is 5.46. The number of amides is 3. The lowest BCUT2D eigenvalue weighted by atomic mass is 10.0. The molecule has 0 bridgehead atoms. The number of carbonyl (C=O) groups is 2. The molecule has 0 unspecified atom stereocenters. The lowest BCUT2D eigenvalue weighted by Crippen LogP contribution is -2.51. The Bertz CT molecular complexity index is 456. The Morgan fingerprint density at radius 2 is 1.68 bits per heavy atom. The van der Waals surface area contributed by atoms with Crippen LogP contribution >= 0.6 is 0 Å². The molecule has 0 aromatic rings. The first-order chi connectivity index (χ1) is 10.3. The largest absolute Gasteiger partial charge is 0.444 e. The molecule has 1 atom stereocenters. The van der Waals surface area contributed by atoms with Crippen LogP contribution in [0.1, 0.15) is 46.5 Å². The molecule has 3 rings (SSSR count). The van der Waals surface area contributed by atoms with Gasteiger partial charge in [-0.3, -0.25) is 0 Å². The van der Waals surface area contributed by atoms with Crippen LogP contribution in [-0.4, -0.2) is 70.7 Å². The van der Waals surface area contributed by atoms with Crippen LogP contribution in [0, 0.1) is 0 Å². The molecule has 22 heavy (non-hydrogen) atoms. The molecule has 3 aliphatic rings. The maximum Gasteiger partial charge on any atom is 0.410 e. The van der Waals surface area contributed by atoms with Crippen LogP contribution in [-0.2, 0) is 4.74 Å². The number of hydrogen-bond acceptors (Lipinski definition) is 3. The number of piperidine rings is 1. The second kappa shape index (κ2) is 5.63. The zero-order valence-electron chi connectivity index (χ0n) is 13.9. The van der Waals surface area contributed by atoms with Crippen molar-refractivity contribution in [2.24, 2.45) is 0 Å². The van der Waals surface area contributed by atoms with Gasteiger partial charge in [-0.25, -0.2) is 9.59 Å². The van der Waals surface area contributed by atoms with Gasteiger partial charge in [0, 0.05) is 32.2 Å². The van der Waals surface area contributed by atoms with Gasteiger partial charge in [0.05, 0.1) is 6.04 Å². The van der Waals surface area contributed by atoms with Crippen molar-refractivity contribution in [2.45, 2.75) is 64.1 Å². The maximum atomic E-state index is 12.5. The van der Waals surface area contributed by atoms with Crippen LogP contribution in [0.5, 0.6) is 0 Å². The number of urea groups is 1. The first kappa shape index (κ1) is 15.4. The van der Waals surface area contributed by atoms with Crippen LogP contribution in [0.15, 0.2) is 0 Å². The minimum Gasteiger partial charge on any atom is -0.444 e. The summed E-state index contributed by atoms with van der Waals surface area (Å²) in [4.78, 5) is 30.5. The predicted molar refractivity (Wildman–Crippen MR) is 82.7 cm³/mol. The number of nitrogens with zero attached hydrogens (tertiary/aromatic N) is 3. The minimum absolute atomic E-state index is 0.137. The van der Waals surface area contributed by atoms with Gasteiger partial charge in [-0.05, 0) is 46.5 Å². The molecule has 2 heterocycles. The van der Waals surface area contributed by atoms with Crippen LogP contribution in [0.3, 0.4) is 0 Å². The number of ether oxygens (including phenoxy) is 1. The normalized spacial score (nSPS) is 26.6. The van der Waals surface area contributed by atoms with Crippen LogP contribution in [0.2, 0.25) is 0 Å². The molecule has 1 saturated carbocycles. The number of hydrogen-bond donors (Lipinski definition) is 0. The van der Waals surface area contributed by atoms with E-state index < -0.39 is 5.60 Å². The van der Waals surface area contributed by atoms with E-state index in [1.165, 1.54) is 0 Å². The van der Waals surface area contributed by atoms with E-state index in [9.17, 15) is 9.59 Å². The fourth-order valence-electron chi connectivity index (χ4n) is 3.34. The molecule has 6 heteroatoms. The van der Waals surface area contributed by atoms with E-state index in [-0.39, 0.29) is 18.2 Å². The molecule has 0 spiro atoms. The van der Waals surface area contributed by atoms with E-state index in [4.69, 9.17) is 4.74 Å². The highest BCUT2D eigenvalue weighted by Crippen LogP contribution is 2.31. The van der Waals surface area contributed by atoms with E-state index >= 15 is 0 Å². The van der Waals surface area contributed by atoms with Crippen molar-refractivity contribution in [2.75, 3.05) is 26.2 Å². The van der Waals surface area contributed by atoms with Crippen LogP contribution in [0.4, 0.5) is 9.59 Å². The maximum absolute atomic E-state index is 12.5. The van der Waals surface area contributed by atoms with E-state index in [1.807, 2.05) is 30.6 Å². The van der Waals surface area contributed by atoms with Crippen molar-refractivity contribution in [3.63, 3.8) is 0 Å². The zero-order chi connectivity index (χ0) is 15.9. The average Bonchev–Trinajstić information content (AvgIpc) is 3.20. The van der Waals surface area contributed by atoms with E-state index in [2.05, 4.69) is 0 Å². The molecule has 124 valence electrons. The molecular formula is C16H27N3O3. The number of likely N-dealkylation sites (tertiary alicyclic amines) is 1. The van der Waals surface area contributed by atoms with E-state index in [1.54, 1.807) is 4.90 Å². The highest BCUT2D eigenvalue weighted by atomic mass is 16.6. The van der Waals surface area contributed by atoms with Gasteiger partial charge >= 0.3 is 12.1 Å².